The third-order valence-corrected chi connectivity index (χ3v) is 7.86. The highest BCUT2D eigenvalue weighted by molar-refractivity contribution is 7.93. The topological polar surface area (TPSA) is 75.3 Å². The highest BCUT2D eigenvalue weighted by atomic mass is 35.5. The minimum atomic E-state index is -3.77. The summed E-state index contributed by atoms with van der Waals surface area (Å²) < 4.78 is 25.1. The zero-order chi connectivity index (χ0) is 17.9. The van der Waals surface area contributed by atoms with Gasteiger partial charge in [-0.15, -0.1) is 12.4 Å². The molecule has 1 aromatic carbocycles. The lowest BCUT2D eigenvalue weighted by atomic mass is 10.1. The van der Waals surface area contributed by atoms with Crippen LogP contribution in [0, 0.1) is 0 Å². The van der Waals surface area contributed by atoms with Gasteiger partial charge in [0.25, 0.3) is 0 Å². The molecular formula is C18H24Cl2N2O3S. The molecule has 1 fully saturated rings. The maximum Gasteiger partial charge on any atom is 0.242 e. The van der Waals surface area contributed by atoms with Gasteiger partial charge in [-0.25, -0.2) is 8.42 Å². The van der Waals surface area contributed by atoms with Crippen LogP contribution >= 0.6 is 24.0 Å². The number of amides is 1. The van der Waals surface area contributed by atoms with Crippen molar-refractivity contribution in [1.82, 2.24) is 10.6 Å². The summed E-state index contributed by atoms with van der Waals surface area (Å²) >= 11 is 5.87. The number of sulfone groups is 1. The summed E-state index contributed by atoms with van der Waals surface area (Å²) in [4.78, 5) is 13.1. The van der Waals surface area contributed by atoms with Crippen LogP contribution in [0.3, 0.4) is 0 Å². The largest absolute Gasteiger partial charge is 0.351 e. The molecule has 144 valence electrons. The van der Waals surface area contributed by atoms with E-state index in [1.54, 1.807) is 12.1 Å². The van der Waals surface area contributed by atoms with Crippen LogP contribution in [0.2, 0.25) is 5.02 Å². The van der Waals surface area contributed by atoms with E-state index in [1.165, 1.54) is 12.1 Å². The van der Waals surface area contributed by atoms with Gasteiger partial charge in [-0.2, -0.15) is 0 Å². The van der Waals surface area contributed by atoms with Crippen LogP contribution in [0.1, 0.15) is 32.1 Å². The fraction of sp³-hybridized carbons (Fsp3) is 0.500. The van der Waals surface area contributed by atoms with Crippen molar-refractivity contribution < 1.29 is 13.2 Å². The standard InChI is InChI=1S/C18H23ClN2O3S.ClH/c19-15-3-5-16(6-4-15)25(23,24)18(9-1-2-10-18)17(22)21-13-14-7-11-20-12-8-14;/h3-7,20H,1-2,8-13H2,(H,21,22);1H. The molecule has 1 amide bonds. The second kappa shape index (κ2) is 8.74. The van der Waals surface area contributed by atoms with Crippen LogP contribution in [0.25, 0.3) is 0 Å². The van der Waals surface area contributed by atoms with Crippen molar-refractivity contribution in [3.8, 4) is 0 Å². The Morgan fingerprint density at radius 1 is 1.19 bits per heavy atom. The van der Waals surface area contributed by atoms with E-state index in [-0.39, 0.29) is 23.2 Å². The van der Waals surface area contributed by atoms with Gasteiger partial charge in [0, 0.05) is 18.1 Å². The second-order valence-electron chi connectivity index (χ2n) is 6.66. The summed E-state index contributed by atoms with van der Waals surface area (Å²) in [6, 6.07) is 6.07. The van der Waals surface area contributed by atoms with Crippen molar-refractivity contribution in [2.24, 2.45) is 0 Å². The van der Waals surface area contributed by atoms with Crippen molar-refractivity contribution in [2.45, 2.75) is 41.7 Å². The summed E-state index contributed by atoms with van der Waals surface area (Å²) in [5, 5.41) is 6.58. The molecule has 0 radical (unpaired) electrons. The monoisotopic (exact) mass is 418 g/mol. The summed E-state index contributed by atoms with van der Waals surface area (Å²) in [5.74, 6) is -0.376. The Balaban J connectivity index is 0.00000243. The molecule has 26 heavy (non-hydrogen) atoms. The molecule has 0 atom stereocenters. The van der Waals surface area contributed by atoms with Crippen LogP contribution in [-0.2, 0) is 14.6 Å². The molecule has 2 N–H and O–H groups in total. The van der Waals surface area contributed by atoms with E-state index in [2.05, 4.69) is 16.7 Å². The van der Waals surface area contributed by atoms with Crippen LogP contribution < -0.4 is 10.6 Å². The Morgan fingerprint density at radius 2 is 1.85 bits per heavy atom. The lowest BCUT2D eigenvalue weighted by Gasteiger charge is -2.28. The number of halogens is 2. The van der Waals surface area contributed by atoms with Crippen molar-refractivity contribution in [2.75, 3.05) is 19.6 Å². The first-order chi connectivity index (χ1) is 12.0. The number of carbonyl (C=O) groups is 1. The SMILES string of the molecule is Cl.O=C(NCC1=CCNCC1)C1(S(=O)(=O)c2ccc(Cl)cc2)CCCC1. The molecule has 1 aliphatic heterocycles. The number of hydrogen-bond donors (Lipinski definition) is 2. The first-order valence-electron chi connectivity index (χ1n) is 8.63. The number of benzene rings is 1. The smallest absolute Gasteiger partial charge is 0.242 e. The fourth-order valence-corrected chi connectivity index (χ4v) is 5.80. The Kier molecular flexibility index (Phi) is 7.13. The third-order valence-electron chi connectivity index (χ3n) is 5.10. The average Bonchev–Trinajstić information content (AvgIpc) is 3.13. The van der Waals surface area contributed by atoms with E-state index < -0.39 is 14.6 Å². The van der Waals surface area contributed by atoms with E-state index in [1.807, 2.05) is 0 Å². The van der Waals surface area contributed by atoms with Gasteiger partial charge in [0.2, 0.25) is 5.91 Å². The van der Waals surface area contributed by atoms with E-state index in [0.29, 0.717) is 24.4 Å². The van der Waals surface area contributed by atoms with E-state index >= 15 is 0 Å². The summed E-state index contributed by atoms with van der Waals surface area (Å²) in [6.45, 7) is 2.09. The maximum absolute atomic E-state index is 13.2. The zero-order valence-electron chi connectivity index (χ0n) is 14.5. The first kappa shape index (κ1) is 21.2. The van der Waals surface area contributed by atoms with Crippen molar-refractivity contribution in [1.29, 1.82) is 0 Å². The van der Waals surface area contributed by atoms with Gasteiger partial charge < -0.3 is 10.6 Å². The van der Waals surface area contributed by atoms with E-state index in [9.17, 15) is 13.2 Å². The first-order valence-corrected chi connectivity index (χ1v) is 10.5. The number of hydrogen-bond acceptors (Lipinski definition) is 4. The predicted molar refractivity (Wildman–Crippen MR) is 106 cm³/mol. The van der Waals surface area contributed by atoms with Gasteiger partial charge in [0.15, 0.2) is 14.6 Å². The van der Waals surface area contributed by atoms with Crippen LogP contribution in [0.15, 0.2) is 40.8 Å². The Labute approximate surface area is 165 Å². The molecule has 2 aliphatic rings. The second-order valence-corrected chi connectivity index (χ2v) is 9.35. The average molecular weight is 419 g/mol. The van der Waals surface area contributed by atoms with Crippen LogP contribution in [-0.4, -0.2) is 38.7 Å². The fourth-order valence-electron chi connectivity index (χ4n) is 3.59. The molecule has 1 saturated carbocycles. The number of nitrogens with one attached hydrogen (secondary N) is 2. The highest BCUT2D eigenvalue weighted by Crippen LogP contribution is 2.41. The maximum atomic E-state index is 13.2. The van der Waals surface area contributed by atoms with Crippen LogP contribution in [0.5, 0.6) is 0 Å². The van der Waals surface area contributed by atoms with Gasteiger partial charge in [0.1, 0.15) is 0 Å². The van der Waals surface area contributed by atoms with Crippen LogP contribution in [0.4, 0.5) is 0 Å². The number of carbonyl (C=O) groups excluding carboxylic acids is 1. The van der Waals surface area contributed by atoms with Gasteiger partial charge in [-0.05, 0) is 50.1 Å². The number of rotatable bonds is 5. The molecule has 0 saturated heterocycles. The zero-order valence-corrected chi connectivity index (χ0v) is 16.9. The van der Waals surface area contributed by atoms with Crippen molar-refractivity contribution in [3.05, 3.63) is 40.9 Å². The molecule has 0 unspecified atom stereocenters. The van der Waals surface area contributed by atoms with Gasteiger partial charge in [-0.3, -0.25) is 4.79 Å². The summed E-state index contributed by atoms with van der Waals surface area (Å²) in [7, 11) is -3.77. The summed E-state index contributed by atoms with van der Waals surface area (Å²) in [6.07, 6.45) is 5.14. The molecule has 5 nitrogen and oxygen atoms in total. The van der Waals surface area contributed by atoms with Gasteiger partial charge >= 0.3 is 0 Å². The van der Waals surface area contributed by atoms with Gasteiger partial charge in [0.05, 0.1) is 4.90 Å². The molecule has 0 spiro atoms. The molecule has 3 rings (SSSR count). The Bertz CT molecular complexity index is 770. The minimum Gasteiger partial charge on any atom is -0.351 e. The molecular weight excluding hydrogens is 395 g/mol. The normalized spacial score (nSPS) is 19.3. The molecule has 0 aromatic heterocycles. The minimum absolute atomic E-state index is 0. The van der Waals surface area contributed by atoms with E-state index in [4.69, 9.17) is 11.6 Å². The molecule has 1 aromatic rings. The Morgan fingerprint density at radius 3 is 2.42 bits per heavy atom. The van der Waals surface area contributed by atoms with Crippen molar-refractivity contribution in [3.63, 3.8) is 0 Å². The van der Waals surface area contributed by atoms with Crippen molar-refractivity contribution >= 4 is 39.8 Å². The highest BCUT2D eigenvalue weighted by Gasteiger charge is 2.52. The van der Waals surface area contributed by atoms with E-state index in [0.717, 1.165) is 37.9 Å². The molecule has 1 aliphatic carbocycles. The predicted octanol–water partition coefficient (Wildman–Crippen LogP) is 2.88. The molecule has 8 heteroatoms. The van der Waals surface area contributed by atoms with Gasteiger partial charge in [-0.1, -0.05) is 36.1 Å². The lowest BCUT2D eigenvalue weighted by molar-refractivity contribution is -0.123. The quantitative estimate of drug-likeness (QED) is 0.720. The lowest BCUT2D eigenvalue weighted by Crippen LogP contribution is -2.51. The Hall–Kier alpha value is -1.08. The molecule has 1 heterocycles. The third kappa shape index (κ3) is 4.09. The molecule has 0 bridgehead atoms. The summed E-state index contributed by atoms with van der Waals surface area (Å²) in [5.41, 5.74) is 1.14.